The van der Waals surface area contributed by atoms with Crippen molar-refractivity contribution in [3.63, 3.8) is 0 Å². The lowest BCUT2D eigenvalue weighted by Gasteiger charge is -2.17. The second-order valence-corrected chi connectivity index (χ2v) is 4.12. The van der Waals surface area contributed by atoms with Crippen molar-refractivity contribution >= 4 is 5.91 Å². The van der Waals surface area contributed by atoms with Crippen molar-refractivity contribution in [2.45, 2.75) is 26.5 Å². The molecule has 2 N–H and O–H groups in total. The van der Waals surface area contributed by atoms with Crippen molar-refractivity contribution in [2.75, 3.05) is 20.7 Å². The molecule has 0 heterocycles. The molecule has 106 valence electrons. The van der Waals surface area contributed by atoms with Crippen molar-refractivity contribution < 1.29 is 14.3 Å². The summed E-state index contributed by atoms with van der Waals surface area (Å²) in [6, 6.07) is 5.70. The SMILES string of the molecule is CCOc1cc(CNC)ccc1O[C@H](C)C(=O)NC. The summed E-state index contributed by atoms with van der Waals surface area (Å²) in [5, 5.41) is 5.63. The number of amides is 1. The Labute approximate surface area is 114 Å². The zero-order valence-corrected chi connectivity index (χ0v) is 11.9. The maximum atomic E-state index is 11.5. The Hall–Kier alpha value is -1.75. The Kier molecular flexibility index (Phi) is 6.15. The van der Waals surface area contributed by atoms with Crippen molar-refractivity contribution in [2.24, 2.45) is 0 Å². The minimum absolute atomic E-state index is 0.165. The van der Waals surface area contributed by atoms with Gasteiger partial charge in [0.15, 0.2) is 17.6 Å². The number of likely N-dealkylation sites (N-methyl/N-ethyl adjacent to an activating group) is 1. The number of carbonyl (C=O) groups excluding carboxylic acids is 1. The van der Waals surface area contributed by atoms with Gasteiger partial charge in [-0.25, -0.2) is 0 Å². The lowest BCUT2D eigenvalue weighted by atomic mass is 10.2. The number of hydrogen-bond acceptors (Lipinski definition) is 4. The van der Waals surface area contributed by atoms with Crippen LogP contribution in [0.5, 0.6) is 11.5 Å². The third-order valence-electron chi connectivity index (χ3n) is 2.61. The number of carbonyl (C=O) groups is 1. The van der Waals surface area contributed by atoms with Gasteiger partial charge in [0.05, 0.1) is 6.61 Å². The van der Waals surface area contributed by atoms with Gasteiger partial charge in [-0.2, -0.15) is 0 Å². The average Bonchev–Trinajstić information content (AvgIpc) is 2.41. The van der Waals surface area contributed by atoms with Crippen molar-refractivity contribution in [3.05, 3.63) is 23.8 Å². The Morgan fingerprint density at radius 1 is 1.32 bits per heavy atom. The highest BCUT2D eigenvalue weighted by Gasteiger charge is 2.15. The highest BCUT2D eigenvalue weighted by Crippen LogP contribution is 2.29. The topological polar surface area (TPSA) is 59.6 Å². The van der Waals surface area contributed by atoms with E-state index in [0.29, 0.717) is 18.1 Å². The van der Waals surface area contributed by atoms with Crippen LogP contribution >= 0.6 is 0 Å². The standard InChI is InChI=1S/C14H22N2O3/c1-5-18-13-8-11(9-15-3)6-7-12(13)19-10(2)14(17)16-4/h6-8,10,15H,5,9H2,1-4H3,(H,16,17)/t10-/m1/s1. The van der Waals surface area contributed by atoms with E-state index in [-0.39, 0.29) is 5.91 Å². The van der Waals surface area contributed by atoms with Crippen LogP contribution in [0.2, 0.25) is 0 Å². The first-order valence-corrected chi connectivity index (χ1v) is 6.41. The molecular weight excluding hydrogens is 244 g/mol. The zero-order chi connectivity index (χ0) is 14.3. The van der Waals surface area contributed by atoms with Crippen LogP contribution < -0.4 is 20.1 Å². The molecule has 1 aromatic carbocycles. The van der Waals surface area contributed by atoms with E-state index in [1.807, 2.05) is 32.2 Å². The molecule has 0 bridgehead atoms. The Morgan fingerprint density at radius 3 is 2.63 bits per heavy atom. The van der Waals surface area contributed by atoms with E-state index in [4.69, 9.17) is 9.47 Å². The van der Waals surface area contributed by atoms with Gasteiger partial charge in [-0.3, -0.25) is 4.79 Å². The van der Waals surface area contributed by atoms with E-state index >= 15 is 0 Å². The second kappa shape index (κ2) is 7.63. The van der Waals surface area contributed by atoms with Crippen LogP contribution in [-0.4, -0.2) is 32.7 Å². The van der Waals surface area contributed by atoms with Gasteiger partial charge >= 0.3 is 0 Å². The van der Waals surface area contributed by atoms with Crippen molar-refractivity contribution in [1.82, 2.24) is 10.6 Å². The summed E-state index contributed by atoms with van der Waals surface area (Å²) in [5.74, 6) is 1.07. The molecule has 0 spiro atoms. The molecule has 1 aromatic rings. The number of nitrogens with one attached hydrogen (secondary N) is 2. The summed E-state index contributed by atoms with van der Waals surface area (Å²) in [7, 11) is 3.47. The molecule has 0 radical (unpaired) electrons. The van der Waals surface area contributed by atoms with Gasteiger partial charge in [0, 0.05) is 13.6 Å². The summed E-state index contributed by atoms with van der Waals surface area (Å²) in [4.78, 5) is 11.5. The lowest BCUT2D eigenvalue weighted by molar-refractivity contribution is -0.126. The van der Waals surface area contributed by atoms with Gasteiger partial charge in [0.1, 0.15) is 0 Å². The molecule has 1 amide bonds. The Balaban J connectivity index is 2.89. The fourth-order valence-electron chi connectivity index (χ4n) is 1.68. The highest BCUT2D eigenvalue weighted by atomic mass is 16.5. The van der Waals surface area contributed by atoms with E-state index in [9.17, 15) is 4.79 Å². The Bertz CT molecular complexity index is 421. The van der Waals surface area contributed by atoms with Crippen LogP contribution in [0.25, 0.3) is 0 Å². The molecule has 0 aromatic heterocycles. The predicted molar refractivity (Wildman–Crippen MR) is 74.5 cm³/mol. The summed E-state index contributed by atoms with van der Waals surface area (Å²) >= 11 is 0. The first-order valence-electron chi connectivity index (χ1n) is 6.41. The highest BCUT2D eigenvalue weighted by molar-refractivity contribution is 5.80. The molecule has 19 heavy (non-hydrogen) atoms. The molecule has 0 aliphatic carbocycles. The molecule has 0 saturated carbocycles. The fourth-order valence-corrected chi connectivity index (χ4v) is 1.68. The second-order valence-electron chi connectivity index (χ2n) is 4.12. The van der Waals surface area contributed by atoms with Crippen molar-refractivity contribution in [1.29, 1.82) is 0 Å². The van der Waals surface area contributed by atoms with Gasteiger partial charge < -0.3 is 20.1 Å². The van der Waals surface area contributed by atoms with E-state index < -0.39 is 6.10 Å². The molecule has 1 rings (SSSR count). The van der Waals surface area contributed by atoms with Gasteiger partial charge in [-0.1, -0.05) is 6.07 Å². The molecule has 0 aliphatic heterocycles. The maximum absolute atomic E-state index is 11.5. The molecule has 5 heteroatoms. The van der Waals surface area contributed by atoms with Crippen LogP contribution in [0.3, 0.4) is 0 Å². The molecule has 0 aliphatic rings. The van der Waals surface area contributed by atoms with Crippen LogP contribution in [0, 0.1) is 0 Å². The number of hydrogen-bond donors (Lipinski definition) is 2. The number of benzene rings is 1. The fraction of sp³-hybridized carbons (Fsp3) is 0.500. The summed E-state index contributed by atoms with van der Waals surface area (Å²) < 4.78 is 11.2. The van der Waals surface area contributed by atoms with E-state index in [1.165, 1.54) is 0 Å². The third-order valence-corrected chi connectivity index (χ3v) is 2.61. The van der Waals surface area contributed by atoms with Gasteiger partial charge in [-0.15, -0.1) is 0 Å². The zero-order valence-electron chi connectivity index (χ0n) is 11.9. The van der Waals surface area contributed by atoms with Gasteiger partial charge in [0.2, 0.25) is 0 Å². The summed E-state index contributed by atoms with van der Waals surface area (Å²) in [6.45, 7) is 4.92. The minimum Gasteiger partial charge on any atom is -0.490 e. The lowest BCUT2D eigenvalue weighted by Crippen LogP contribution is -2.33. The Morgan fingerprint density at radius 2 is 2.05 bits per heavy atom. The molecule has 0 saturated heterocycles. The largest absolute Gasteiger partial charge is 0.490 e. The maximum Gasteiger partial charge on any atom is 0.260 e. The first-order chi connectivity index (χ1) is 9.12. The average molecular weight is 266 g/mol. The molecule has 0 fully saturated rings. The van der Waals surface area contributed by atoms with Crippen LogP contribution in [-0.2, 0) is 11.3 Å². The predicted octanol–water partition coefficient (Wildman–Crippen LogP) is 1.32. The summed E-state index contributed by atoms with van der Waals surface area (Å²) in [6.07, 6.45) is -0.556. The third kappa shape index (κ3) is 4.44. The monoisotopic (exact) mass is 266 g/mol. The number of rotatable bonds is 7. The molecule has 1 atom stereocenters. The quantitative estimate of drug-likeness (QED) is 0.781. The van der Waals surface area contributed by atoms with E-state index in [2.05, 4.69) is 10.6 Å². The van der Waals surface area contributed by atoms with E-state index in [0.717, 1.165) is 12.1 Å². The summed E-state index contributed by atoms with van der Waals surface area (Å²) in [5.41, 5.74) is 1.10. The normalized spacial score (nSPS) is 11.8. The van der Waals surface area contributed by atoms with E-state index in [1.54, 1.807) is 14.0 Å². The molecular formula is C14H22N2O3. The van der Waals surface area contributed by atoms with Gasteiger partial charge in [-0.05, 0) is 38.6 Å². The van der Waals surface area contributed by atoms with Crippen LogP contribution in [0.4, 0.5) is 0 Å². The minimum atomic E-state index is -0.556. The number of ether oxygens (including phenoxy) is 2. The van der Waals surface area contributed by atoms with Gasteiger partial charge in [0.25, 0.3) is 5.91 Å². The first kappa shape index (κ1) is 15.3. The molecule has 5 nitrogen and oxygen atoms in total. The van der Waals surface area contributed by atoms with Crippen LogP contribution in [0.15, 0.2) is 18.2 Å². The smallest absolute Gasteiger partial charge is 0.260 e. The van der Waals surface area contributed by atoms with Crippen LogP contribution in [0.1, 0.15) is 19.4 Å². The molecule has 0 unspecified atom stereocenters. The van der Waals surface area contributed by atoms with Crippen molar-refractivity contribution in [3.8, 4) is 11.5 Å².